The van der Waals surface area contributed by atoms with Crippen LogP contribution in [0, 0.1) is 11.3 Å². The number of benzene rings is 2. The summed E-state index contributed by atoms with van der Waals surface area (Å²) in [6.45, 7) is 4.90. The van der Waals surface area contributed by atoms with Crippen molar-refractivity contribution in [2.45, 2.75) is 45.5 Å². The molecule has 1 N–H and O–H groups in total. The largest absolute Gasteiger partial charge is 0.463 e. The van der Waals surface area contributed by atoms with E-state index in [1.165, 1.54) is 50.1 Å². The van der Waals surface area contributed by atoms with Gasteiger partial charge in [0.15, 0.2) is 0 Å². The minimum absolute atomic E-state index is 0.0268. The topological polar surface area (TPSA) is 123 Å². The number of carbonyl (C=O) groups is 4. The first-order chi connectivity index (χ1) is 20.3. The standard InChI is InChI=1S/C30H30F3N5O5/c1-5-43-28(41)25-17(2)38(22-8-6-7-20(14-22)30(31,32)33)29(42)36(4)26(25)23-10-9-19(15-34)13-24(23)27(40)37-12-11-21(16-37)35-18(3)39/h6-10,13-14,21,26H,5,11-12,16H2,1-4H3,(H,35,39)/t21-,26?/m1/s1. The molecule has 13 heteroatoms. The van der Waals surface area contributed by atoms with E-state index in [4.69, 9.17) is 4.74 Å². The summed E-state index contributed by atoms with van der Waals surface area (Å²) >= 11 is 0. The van der Waals surface area contributed by atoms with E-state index in [1.54, 1.807) is 6.92 Å². The van der Waals surface area contributed by atoms with Gasteiger partial charge in [0.25, 0.3) is 5.91 Å². The Hall–Kier alpha value is -4.86. The number of alkyl halides is 3. The highest BCUT2D eigenvalue weighted by Crippen LogP contribution is 2.42. The van der Waals surface area contributed by atoms with E-state index in [9.17, 15) is 37.6 Å². The van der Waals surface area contributed by atoms with E-state index in [-0.39, 0.29) is 58.7 Å². The highest BCUT2D eigenvalue weighted by molar-refractivity contribution is 6.04. The molecule has 2 heterocycles. The number of amides is 4. The highest BCUT2D eigenvalue weighted by atomic mass is 19.4. The number of esters is 1. The van der Waals surface area contributed by atoms with Crippen molar-refractivity contribution in [3.05, 3.63) is 76.0 Å². The number of hydrogen-bond acceptors (Lipinski definition) is 6. The van der Waals surface area contributed by atoms with Gasteiger partial charge in [-0.05, 0) is 56.2 Å². The highest BCUT2D eigenvalue weighted by Gasteiger charge is 2.43. The van der Waals surface area contributed by atoms with Crippen molar-refractivity contribution >= 4 is 29.5 Å². The summed E-state index contributed by atoms with van der Waals surface area (Å²) in [6, 6.07) is 8.29. The van der Waals surface area contributed by atoms with Crippen molar-refractivity contribution in [2.24, 2.45) is 0 Å². The second-order valence-corrected chi connectivity index (χ2v) is 10.3. The van der Waals surface area contributed by atoms with Crippen LogP contribution in [0.2, 0.25) is 0 Å². The number of urea groups is 1. The number of ether oxygens (including phenoxy) is 1. The average molecular weight is 598 g/mol. The predicted octanol–water partition coefficient (Wildman–Crippen LogP) is 4.38. The molecule has 4 amide bonds. The van der Waals surface area contributed by atoms with Crippen LogP contribution in [-0.4, -0.2) is 66.4 Å². The van der Waals surface area contributed by atoms with Crippen LogP contribution in [0.4, 0.5) is 23.7 Å². The second-order valence-electron chi connectivity index (χ2n) is 10.3. The van der Waals surface area contributed by atoms with Crippen molar-refractivity contribution in [1.82, 2.24) is 15.1 Å². The average Bonchev–Trinajstić information content (AvgIpc) is 3.42. The van der Waals surface area contributed by atoms with Gasteiger partial charge in [0.05, 0.1) is 41.1 Å². The van der Waals surface area contributed by atoms with Crippen LogP contribution < -0.4 is 10.2 Å². The molecule has 1 unspecified atom stereocenters. The normalized spacial score (nSPS) is 18.9. The lowest BCUT2D eigenvalue weighted by Gasteiger charge is -2.41. The minimum Gasteiger partial charge on any atom is -0.463 e. The third kappa shape index (κ3) is 6.18. The van der Waals surface area contributed by atoms with Crippen molar-refractivity contribution in [3.63, 3.8) is 0 Å². The maximum atomic E-state index is 13.9. The van der Waals surface area contributed by atoms with E-state index in [2.05, 4.69) is 5.32 Å². The summed E-state index contributed by atoms with van der Waals surface area (Å²) in [6.07, 6.45) is -4.16. The van der Waals surface area contributed by atoms with Crippen LogP contribution in [0.3, 0.4) is 0 Å². The number of allylic oxidation sites excluding steroid dienone is 1. The number of nitriles is 1. The SMILES string of the molecule is CCOC(=O)C1=C(C)N(c2cccc(C(F)(F)F)c2)C(=O)N(C)C1c1ccc(C#N)cc1C(=O)N1CC[C@@H](NC(C)=O)C1. The lowest BCUT2D eigenvalue weighted by molar-refractivity contribution is -0.139. The van der Waals surface area contributed by atoms with E-state index >= 15 is 0 Å². The molecular weight excluding hydrogens is 567 g/mol. The number of hydrogen-bond donors (Lipinski definition) is 1. The number of rotatable bonds is 6. The maximum absolute atomic E-state index is 13.9. The smallest absolute Gasteiger partial charge is 0.416 e. The quantitative estimate of drug-likeness (QED) is 0.494. The van der Waals surface area contributed by atoms with Gasteiger partial charge in [-0.25, -0.2) is 9.59 Å². The number of nitrogens with zero attached hydrogens (tertiary/aromatic N) is 4. The van der Waals surface area contributed by atoms with Crippen molar-refractivity contribution in [1.29, 1.82) is 5.26 Å². The monoisotopic (exact) mass is 597 g/mol. The molecule has 4 rings (SSSR count). The van der Waals surface area contributed by atoms with Gasteiger partial charge in [0.1, 0.15) is 0 Å². The van der Waals surface area contributed by atoms with E-state index in [0.29, 0.717) is 13.0 Å². The minimum atomic E-state index is -4.67. The third-order valence-electron chi connectivity index (χ3n) is 7.40. The van der Waals surface area contributed by atoms with E-state index < -0.39 is 35.7 Å². The van der Waals surface area contributed by atoms with Crippen molar-refractivity contribution in [3.8, 4) is 6.07 Å². The number of likely N-dealkylation sites (tertiary alicyclic amines) is 1. The molecule has 0 spiro atoms. The Balaban J connectivity index is 1.87. The van der Waals surface area contributed by atoms with Gasteiger partial charge >= 0.3 is 18.2 Å². The Labute approximate surface area is 246 Å². The molecule has 10 nitrogen and oxygen atoms in total. The number of likely N-dealkylation sites (N-methyl/N-ethyl adjacent to an activating group) is 1. The van der Waals surface area contributed by atoms with Gasteiger partial charge in [-0.1, -0.05) is 12.1 Å². The lowest BCUT2D eigenvalue weighted by Crippen LogP contribution is -2.49. The summed E-state index contributed by atoms with van der Waals surface area (Å²) in [5.41, 5.74) is -0.655. The molecule has 0 saturated carbocycles. The number of carbonyl (C=O) groups excluding carboxylic acids is 4. The summed E-state index contributed by atoms with van der Waals surface area (Å²) in [5.74, 6) is -1.53. The molecule has 0 aliphatic carbocycles. The first kappa shape index (κ1) is 31.1. The van der Waals surface area contributed by atoms with Gasteiger partial charge in [-0.15, -0.1) is 0 Å². The van der Waals surface area contributed by atoms with Gasteiger partial charge in [0, 0.05) is 44.4 Å². The van der Waals surface area contributed by atoms with Crippen LogP contribution in [0.5, 0.6) is 0 Å². The second kappa shape index (κ2) is 12.2. The van der Waals surface area contributed by atoms with Crippen molar-refractivity contribution < 1.29 is 37.1 Å². The molecule has 1 fully saturated rings. The molecule has 1 saturated heterocycles. The van der Waals surface area contributed by atoms with Crippen LogP contribution >= 0.6 is 0 Å². The number of halogens is 3. The number of nitrogens with one attached hydrogen (secondary N) is 1. The summed E-state index contributed by atoms with van der Waals surface area (Å²) in [5, 5.41) is 12.4. The first-order valence-corrected chi connectivity index (χ1v) is 13.5. The predicted molar refractivity (Wildman–Crippen MR) is 148 cm³/mol. The molecule has 0 bridgehead atoms. The van der Waals surface area contributed by atoms with Gasteiger partial charge in [-0.2, -0.15) is 18.4 Å². The third-order valence-corrected chi connectivity index (χ3v) is 7.40. The van der Waals surface area contributed by atoms with Gasteiger partial charge in [-0.3, -0.25) is 14.5 Å². The molecule has 2 aromatic carbocycles. The van der Waals surface area contributed by atoms with Crippen LogP contribution in [0.15, 0.2) is 53.7 Å². The van der Waals surface area contributed by atoms with Crippen LogP contribution in [0.1, 0.15) is 60.3 Å². The zero-order valence-corrected chi connectivity index (χ0v) is 24.0. The molecule has 2 atom stereocenters. The molecule has 226 valence electrons. The fraction of sp³-hybridized carbons (Fsp3) is 0.367. The molecule has 43 heavy (non-hydrogen) atoms. The van der Waals surface area contributed by atoms with E-state index in [0.717, 1.165) is 28.0 Å². The first-order valence-electron chi connectivity index (χ1n) is 13.5. The van der Waals surface area contributed by atoms with Crippen LogP contribution in [-0.2, 0) is 20.5 Å². The molecule has 2 aliphatic rings. The summed E-state index contributed by atoms with van der Waals surface area (Å²) < 4.78 is 45.9. The van der Waals surface area contributed by atoms with Crippen LogP contribution in [0.25, 0.3) is 0 Å². The lowest BCUT2D eigenvalue weighted by atomic mass is 9.88. The zero-order valence-electron chi connectivity index (χ0n) is 24.0. The fourth-order valence-corrected chi connectivity index (χ4v) is 5.45. The van der Waals surface area contributed by atoms with Crippen molar-refractivity contribution in [2.75, 3.05) is 31.6 Å². The Kier molecular flexibility index (Phi) is 8.80. The molecular formula is C30H30F3N5O5. The van der Waals surface area contributed by atoms with Gasteiger partial charge < -0.3 is 19.9 Å². The summed E-state index contributed by atoms with van der Waals surface area (Å²) in [4.78, 5) is 56.3. The fourth-order valence-electron chi connectivity index (χ4n) is 5.45. The zero-order chi connectivity index (χ0) is 31.6. The Bertz CT molecular complexity index is 1550. The molecule has 2 aliphatic heterocycles. The van der Waals surface area contributed by atoms with E-state index in [1.807, 2.05) is 6.07 Å². The molecule has 2 aromatic rings. The molecule has 0 radical (unpaired) electrons. The Morgan fingerprint density at radius 3 is 2.51 bits per heavy atom. The van der Waals surface area contributed by atoms with Gasteiger partial charge in [0.2, 0.25) is 5.91 Å². The Morgan fingerprint density at radius 2 is 1.88 bits per heavy atom. The summed E-state index contributed by atoms with van der Waals surface area (Å²) in [7, 11) is 1.37. The number of anilines is 1. The Morgan fingerprint density at radius 1 is 1.16 bits per heavy atom. The maximum Gasteiger partial charge on any atom is 0.416 e. The molecule has 0 aromatic heterocycles.